The lowest BCUT2D eigenvalue weighted by Gasteiger charge is -2.36. The van der Waals surface area contributed by atoms with E-state index in [9.17, 15) is 4.79 Å². The maximum absolute atomic E-state index is 10.9. The summed E-state index contributed by atoms with van der Waals surface area (Å²) in [6.45, 7) is 6.32. The van der Waals surface area contributed by atoms with Crippen molar-refractivity contribution in [1.82, 2.24) is 14.8 Å². The van der Waals surface area contributed by atoms with Crippen LogP contribution in [0, 0.1) is 0 Å². The minimum absolute atomic E-state index is 0.122. The highest BCUT2D eigenvalue weighted by Crippen LogP contribution is 2.16. The van der Waals surface area contributed by atoms with E-state index >= 15 is 0 Å². The third-order valence-corrected chi connectivity index (χ3v) is 4.06. The van der Waals surface area contributed by atoms with Crippen LogP contribution in [-0.4, -0.2) is 58.6 Å². The molecular formula is C15H23N3O2. The molecule has 0 unspecified atom stereocenters. The summed E-state index contributed by atoms with van der Waals surface area (Å²) in [5.74, 6) is -0.967. The molecule has 0 amide bonds. The van der Waals surface area contributed by atoms with Gasteiger partial charge in [0, 0.05) is 12.6 Å². The summed E-state index contributed by atoms with van der Waals surface area (Å²) in [6.07, 6.45) is 2.34. The largest absolute Gasteiger partial charge is 0.477 e. The Hall–Kier alpha value is -1.46. The lowest BCUT2D eigenvalue weighted by molar-refractivity contribution is 0.0689. The number of carboxylic acid groups (broad SMARTS) is 1. The van der Waals surface area contributed by atoms with Gasteiger partial charge in [-0.2, -0.15) is 0 Å². The number of aromatic nitrogens is 1. The van der Waals surface area contributed by atoms with Crippen molar-refractivity contribution in [1.29, 1.82) is 0 Å². The highest BCUT2D eigenvalue weighted by molar-refractivity contribution is 5.85. The molecule has 1 aromatic rings. The van der Waals surface area contributed by atoms with E-state index in [2.05, 4.69) is 28.8 Å². The van der Waals surface area contributed by atoms with Crippen LogP contribution in [-0.2, 0) is 6.54 Å². The number of carbonyl (C=O) groups is 1. The van der Waals surface area contributed by atoms with Crippen molar-refractivity contribution in [3.05, 3.63) is 29.6 Å². The molecule has 1 aliphatic rings. The number of rotatable bonds is 5. The summed E-state index contributed by atoms with van der Waals surface area (Å²) >= 11 is 0. The molecule has 0 aliphatic carbocycles. The van der Waals surface area contributed by atoms with Crippen LogP contribution in [0.3, 0.4) is 0 Å². The lowest BCUT2D eigenvalue weighted by atomic mass is 10.0. The molecule has 0 spiro atoms. The Morgan fingerprint density at radius 1 is 1.45 bits per heavy atom. The van der Waals surface area contributed by atoms with Crippen molar-refractivity contribution in [2.45, 2.75) is 32.4 Å². The number of hydrogen-bond donors (Lipinski definition) is 1. The van der Waals surface area contributed by atoms with Crippen LogP contribution in [0.4, 0.5) is 0 Å². The fraction of sp³-hybridized carbons (Fsp3) is 0.600. The number of piperidine rings is 1. The lowest BCUT2D eigenvalue weighted by Crippen LogP contribution is -2.43. The number of hydrogen-bond acceptors (Lipinski definition) is 4. The van der Waals surface area contributed by atoms with E-state index in [4.69, 9.17) is 5.11 Å². The third kappa shape index (κ3) is 3.77. The SMILES string of the molecule is CCN1CCC(N(C)Cc2cccc(C(=O)O)n2)CC1. The van der Waals surface area contributed by atoms with Crippen LogP contribution in [0.25, 0.3) is 0 Å². The van der Waals surface area contributed by atoms with E-state index in [1.165, 1.54) is 18.9 Å². The zero-order valence-electron chi connectivity index (χ0n) is 12.2. The number of aromatic carboxylic acids is 1. The molecule has 0 radical (unpaired) electrons. The zero-order valence-corrected chi connectivity index (χ0v) is 12.2. The van der Waals surface area contributed by atoms with Gasteiger partial charge in [0.1, 0.15) is 5.69 Å². The molecule has 110 valence electrons. The molecule has 1 aliphatic heterocycles. The molecule has 0 saturated carbocycles. The van der Waals surface area contributed by atoms with Crippen LogP contribution in [0.15, 0.2) is 18.2 Å². The quantitative estimate of drug-likeness (QED) is 0.887. The van der Waals surface area contributed by atoms with Gasteiger partial charge >= 0.3 is 5.97 Å². The predicted octanol–water partition coefficient (Wildman–Crippen LogP) is 1.70. The van der Waals surface area contributed by atoms with Crippen LogP contribution in [0.1, 0.15) is 35.9 Å². The molecular weight excluding hydrogens is 254 g/mol. The van der Waals surface area contributed by atoms with Gasteiger partial charge in [0.25, 0.3) is 0 Å². The molecule has 5 heteroatoms. The van der Waals surface area contributed by atoms with Crippen LogP contribution in [0.2, 0.25) is 0 Å². The maximum atomic E-state index is 10.9. The smallest absolute Gasteiger partial charge is 0.354 e. The number of nitrogens with zero attached hydrogens (tertiary/aromatic N) is 3. The van der Waals surface area contributed by atoms with Crippen molar-refractivity contribution in [2.24, 2.45) is 0 Å². The van der Waals surface area contributed by atoms with Crippen LogP contribution in [0.5, 0.6) is 0 Å². The van der Waals surface area contributed by atoms with Crippen LogP contribution < -0.4 is 0 Å². The monoisotopic (exact) mass is 277 g/mol. The van der Waals surface area contributed by atoms with Gasteiger partial charge in [0.2, 0.25) is 0 Å². The van der Waals surface area contributed by atoms with Gasteiger partial charge in [0.15, 0.2) is 0 Å². The van der Waals surface area contributed by atoms with Gasteiger partial charge in [0.05, 0.1) is 5.69 Å². The second-order valence-corrected chi connectivity index (χ2v) is 5.40. The topological polar surface area (TPSA) is 56.7 Å². The Labute approximate surface area is 120 Å². The first-order chi connectivity index (χ1) is 9.60. The maximum Gasteiger partial charge on any atom is 0.354 e. The summed E-state index contributed by atoms with van der Waals surface area (Å²) in [5.41, 5.74) is 0.946. The molecule has 1 saturated heterocycles. The summed E-state index contributed by atoms with van der Waals surface area (Å²) in [5, 5.41) is 8.97. The van der Waals surface area contributed by atoms with Crippen molar-refractivity contribution < 1.29 is 9.90 Å². The van der Waals surface area contributed by atoms with Crippen LogP contribution >= 0.6 is 0 Å². The van der Waals surface area contributed by atoms with Crippen molar-refractivity contribution in [2.75, 3.05) is 26.7 Å². The molecule has 0 atom stereocenters. The van der Waals surface area contributed by atoms with E-state index in [1.807, 2.05) is 6.07 Å². The van der Waals surface area contributed by atoms with E-state index in [0.29, 0.717) is 12.6 Å². The first-order valence-electron chi connectivity index (χ1n) is 7.22. The zero-order chi connectivity index (χ0) is 14.5. The Balaban J connectivity index is 1.93. The molecule has 20 heavy (non-hydrogen) atoms. The minimum Gasteiger partial charge on any atom is -0.477 e. The molecule has 0 bridgehead atoms. The Kier molecular flexibility index (Phi) is 5.09. The number of pyridine rings is 1. The standard InChI is InChI=1S/C15H23N3O2/c1-3-18-9-7-13(8-10-18)17(2)11-12-5-4-6-14(16-12)15(19)20/h4-6,13H,3,7-11H2,1-2H3,(H,19,20). The van der Waals surface area contributed by atoms with Gasteiger partial charge in [-0.1, -0.05) is 13.0 Å². The first-order valence-corrected chi connectivity index (χ1v) is 7.22. The summed E-state index contributed by atoms with van der Waals surface area (Å²) < 4.78 is 0. The summed E-state index contributed by atoms with van der Waals surface area (Å²) in [7, 11) is 2.10. The van der Waals surface area contributed by atoms with Gasteiger partial charge in [-0.05, 0) is 51.7 Å². The Bertz CT molecular complexity index is 456. The summed E-state index contributed by atoms with van der Waals surface area (Å²) in [6, 6.07) is 5.75. The van der Waals surface area contributed by atoms with Crippen molar-refractivity contribution >= 4 is 5.97 Å². The predicted molar refractivity (Wildman–Crippen MR) is 77.8 cm³/mol. The highest BCUT2D eigenvalue weighted by Gasteiger charge is 2.21. The summed E-state index contributed by atoms with van der Waals surface area (Å²) in [4.78, 5) is 19.9. The fourth-order valence-corrected chi connectivity index (χ4v) is 2.75. The average molecular weight is 277 g/mol. The van der Waals surface area contributed by atoms with Gasteiger partial charge in [-0.15, -0.1) is 0 Å². The highest BCUT2D eigenvalue weighted by atomic mass is 16.4. The second-order valence-electron chi connectivity index (χ2n) is 5.40. The molecule has 5 nitrogen and oxygen atoms in total. The Morgan fingerprint density at radius 2 is 2.15 bits per heavy atom. The van der Waals surface area contributed by atoms with Crippen molar-refractivity contribution in [3.8, 4) is 0 Å². The molecule has 1 N–H and O–H groups in total. The van der Waals surface area contributed by atoms with Crippen molar-refractivity contribution in [3.63, 3.8) is 0 Å². The molecule has 2 heterocycles. The number of carboxylic acids is 1. The van der Waals surface area contributed by atoms with E-state index in [0.717, 1.165) is 25.3 Å². The normalized spacial score (nSPS) is 17.6. The average Bonchev–Trinajstić information content (AvgIpc) is 2.47. The number of likely N-dealkylation sites (tertiary alicyclic amines) is 1. The molecule has 1 aromatic heterocycles. The van der Waals surface area contributed by atoms with E-state index in [-0.39, 0.29) is 5.69 Å². The third-order valence-electron chi connectivity index (χ3n) is 4.06. The van der Waals surface area contributed by atoms with Gasteiger partial charge < -0.3 is 10.0 Å². The van der Waals surface area contributed by atoms with E-state index < -0.39 is 5.97 Å². The van der Waals surface area contributed by atoms with Gasteiger partial charge in [-0.25, -0.2) is 9.78 Å². The molecule has 2 rings (SSSR count). The van der Waals surface area contributed by atoms with Gasteiger partial charge in [-0.3, -0.25) is 4.90 Å². The molecule has 1 fully saturated rings. The fourth-order valence-electron chi connectivity index (χ4n) is 2.75. The first kappa shape index (κ1) is 14.9. The van der Waals surface area contributed by atoms with E-state index in [1.54, 1.807) is 6.07 Å². The second kappa shape index (κ2) is 6.81. The Morgan fingerprint density at radius 3 is 2.75 bits per heavy atom. The molecule has 0 aromatic carbocycles. The minimum atomic E-state index is -0.967.